The highest BCUT2D eigenvalue weighted by Gasteiger charge is 1.94. The summed E-state index contributed by atoms with van der Waals surface area (Å²) in [5.41, 5.74) is 1.43. The lowest BCUT2D eigenvalue weighted by Crippen LogP contribution is -1.91. The molecule has 1 aromatic rings. The third kappa shape index (κ3) is 3.22. The molecule has 0 atom stereocenters. The van der Waals surface area contributed by atoms with Gasteiger partial charge in [0.1, 0.15) is 0 Å². The number of benzene rings is 1. The van der Waals surface area contributed by atoms with Crippen molar-refractivity contribution in [1.82, 2.24) is 0 Å². The van der Waals surface area contributed by atoms with Crippen LogP contribution in [0, 0.1) is 12.0 Å². The molecule has 0 nitrogen and oxygen atoms in total. The van der Waals surface area contributed by atoms with Crippen molar-refractivity contribution in [2.75, 3.05) is 0 Å². The van der Waals surface area contributed by atoms with Crippen LogP contribution in [-0.4, -0.2) is 0 Å². The molecule has 0 aliphatic rings. The summed E-state index contributed by atoms with van der Waals surface area (Å²) in [5, 5.41) is 0. The fraction of sp³-hybridized carbons (Fsp3) is 0.455. The summed E-state index contributed by atoms with van der Waals surface area (Å²) in [6, 6.07) is 11.3. The summed E-state index contributed by atoms with van der Waals surface area (Å²) < 4.78 is 0. The molecule has 11 heavy (non-hydrogen) atoms. The molecule has 0 unspecified atom stereocenters. The second kappa shape index (κ2) is 4.17. The Hall–Kier alpha value is -0.780. The fourth-order valence-corrected chi connectivity index (χ4v) is 1.04. The van der Waals surface area contributed by atoms with Crippen LogP contribution in [0.5, 0.6) is 0 Å². The minimum absolute atomic E-state index is 0. The topological polar surface area (TPSA) is 0 Å². The van der Waals surface area contributed by atoms with Gasteiger partial charge in [-0.1, -0.05) is 38.1 Å². The standard InChI is InChI=1S/C11H15/c1-10(2)8-9-11-6-4-3-5-7-11/h4-7,10H,8-9H2,1-2H3/p+1. The van der Waals surface area contributed by atoms with E-state index in [0.717, 1.165) is 5.92 Å². The van der Waals surface area contributed by atoms with Crippen molar-refractivity contribution in [2.24, 2.45) is 5.92 Å². The molecule has 0 bridgehead atoms. The van der Waals surface area contributed by atoms with E-state index < -0.39 is 0 Å². The molecule has 1 rings (SSSR count). The lowest BCUT2D eigenvalue weighted by Gasteiger charge is -2.03. The largest absolute Gasteiger partial charge is 1.00 e. The molecule has 0 saturated carbocycles. The van der Waals surface area contributed by atoms with Gasteiger partial charge in [0, 0.05) is 0 Å². The van der Waals surface area contributed by atoms with Crippen molar-refractivity contribution in [2.45, 2.75) is 26.7 Å². The maximum absolute atomic E-state index is 3.02. The van der Waals surface area contributed by atoms with Crippen LogP contribution in [0.4, 0.5) is 0 Å². The van der Waals surface area contributed by atoms with Gasteiger partial charge in [-0.15, -0.1) is 0 Å². The molecule has 59 valence electrons. The first-order chi connectivity index (χ1) is 5.29. The van der Waals surface area contributed by atoms with Crippen LogP contribution in [0.25, 0.3) is 0 Å². The fourth-order valence-electron chi connectivity index (χ4n) is 1.04. The monoisotopic (exact) mass is 148 g/mol. The highest BCUT2D eigenvalue weighted by atomic mass is 14.0. The molecule has 0 heterocycles. The van der Waals surface area contributed by atoms with Gasteiger partial charge in [-0.2, -0.15) is 0 Å². The van der Waals surface area contributed by atoms with Crippen LogP contribution in [-0.2, 0) is 6.42 Å². The molecule has 1 radical (unpaired) electrons. The average Bonchev–Trinajstić information content (AvgIpc) is 2.03. The zero-order valence-corrected chi connectivity index (χ0v) is 7.30. The van der Waals surface area contributed by atoms with E-state index in [9.17, 15) is 0 Å². The summed E-state index contributed by atoms with van der Waals surface area (Å²) in [7, 11) is 0. The summed E-state index contributed by atoms with van der Waals surface area (Å²) in [6.45, 7) is 4.52. The predicted octanol–water partition coefficient (Wildman–Crippen LogP) is 3.19. The van der Waals surface area contributed by atoms with Crippen molar-refractivity contribution in [3.63, 3.8) is 0 Å². The second-order valence-corrected chi connectivity index (χ2v) is 3.34. The normalized spacial score (nSPS) is 10.5. The molecular formula is C11H16+. The second-order valence-electron chi connectivity index (χ2n) is 3.34. The van der Waals surface area contributed by atoms with Gasteiger partial charge in [0.2, 0.25) is 0 Å². The van der Waals surface area contributed by atoms with E-state index in [1.54, 1.807) is 0 Å². The van der Waals surface area contributed by atoms with Gasteiger partial charge in [-0.3, -0.25) is 0 Å². The van der Waals surface area contributed by atoms with E-state index in [4.69, 9.17) is 0 Å². The van der Waals surface area contributed by atoms with E-state index in [1.165, 1.54) is 18.4 Å². The molecule has 0 spiro atoms. The van der Waals surface area contributed by atoms with E-state index in [0.29, 0.717) is 0 Å². The first-order valence-corrected chi connectivity index (χ1v) is 4.24. The molecule has 0 aliphatic heterocycles. The smallest absolute Gasteiger partial charge is 0.0628 e. The van der Waals surface area contributed by atoms with Crippen LogP contribution in [0.2, 0.25) is 0 Å². The minimum Gasteiger partial charge on any atom is -0.0628 e. The van der Waals surface area contributed by atoms with Crippen LogP contribution < -0.4 is 0 Å². The van der Waals surface area contributed by atoms with Gasteiger partial charge < -0.3 is 0 Å². The molecule has 0 saturated heterocycles. The lowest BCUT2D eigenvalue weighted by atomic mass is 10.0. The highest BCUT2D eigenvalue weighted by molar-refractivity contribution is 5.13. The van der Waals surface area contributed by atoms with Gasteiger partial charge in [0.05, 0.1) is 0 Å². The van der Waals surface area contributed by atoms with Gasteiger partial charge >= 0.3 is 1.43 Å². The van der Waals surface area contributed by atoms with E-state index in [2.05, 4.69) is 32.0 Å². The van der Waals surface area contributed by atoms with Crippen molar-refractivity contribution >= 4 is 0 Å². The maximum Gasteiger partial charge on any atom is 1.00 e. The number of rotatable bonds is 3. The summed E-state index contributed by atoms with van der Waals surface area (Å²) in [5.74, 6) is 0.805. The molecular weight excluding hydrogens is 132 g/mol. The third-order valence-corrected chi connectivity index (χ3v) is 1.80. The minimum atomic E-state index is 0. The first kappa shape index (κ1) is 8.32. The Morgan fingerprint density at radius 3 is 2.55 bits per heavy atom. The SMILES string of the molecule is CC(C)CCc1cc[c]cc1.[H+]. The predicted molar refractivity (Wildman–Crippen MR) is 49.5 cm³/mol. The Bertz CT molecular complexity index is 191. The summed E-state index contributed by atoms with van der Waals surface area (Å²) in [4.78, 5) is 0. The Morgan fingerprint density at radius 2 is 2.00 bits per heavy atom. The Balaban J connectivity index is 0.00000121. The molecule has 0 fully saturated rings. The van der Waals surface area contributed by atoms with Gasteiger partial charge in [-0.25, -0.2) is 0 Å². The molecule has 0 N–H and O–H groups in total. The Morgan fingerprint density at radius 1 is 1.36 bits per heavy atom. The number of aryl methyl sites for hydroxylation is 1. The number of hydrogen-bond donors (Lipinski definition) is 0. The number of hydrogen-bond acceptors (Lipinski definition) is 0. The first-order valence-electron chi connectivity index (χ1n) is 4.24. The zero-order valence-electron chi connectivity index (χ0n) is 8.30. The molecule has 0 aliphatic carbocycles. The van der Waals surface area contributed by atoms with E-state index in [-0.39, 0.29) is 1.43 Å². The van der Waals surface area contributed by atoms with Crippen LogP contribution in [0.3, 0.4) is 0 Å². The van der Waals surface area contributed by atoms with Gasteiger partial charge in [-0.05, 0) is 30.4 Å². The van der Waals surface area contributed by atoms with Gasteiger partial charge in [0.25, 0.3) is 0 Å². The van der Waals surface area contributed by atoms with Crippen LogP contribution in [0.1, 0.15) is 27.3 Å². The van der Waals surface area contributed by atoms with Crippen molar-refractivity contribution in [3.05, 3.63) is 35.9 Å². The lowest BCUT2D eigenvalue weighted by molar-refractivity contribution is 0.587. The van der Waals surface area contributed by atoms with Crippen molar-refractivity contribution in [3.8, 4) is 0 Å². The third-order valence-electron chi connectivity index (χ3n) is 1.80. The maximum atomic E-state index is 3.02. The van der Waals surface area contributed by atoms with Crippen molar-refractivity contribution in [1.29, 1.82) is 0 Å². The summed E-state index contributed by atoms with van der Waals surface area (Å²) >= 11 is 0. The van der Waals surface area contributed by atoms with Crippen molar-refractivity contribution < 1.29 is 1.43 Å². The zero-order chi connectivity index (χ0) is 8.10. The van der Waals surface area contributed by atoms with Crippen LogP contribution >= 0.6 is 0 Å². The Kier molecular flexibility index (Phi) is 3.15. The molecule has 0 aromatic heterocycles. The van der Waals surface area contributed by atoms with Crippen LogP contribution in [0.15, 0.2) is 24.3 Å². The van der Waals surface area contributed by atoms with E-state index >= 15 is 0 Å². The molecule has 1 aromatic carbocycles. The van der Waals surface area contributed by atoms with E-state index in [1.807, 2.05) is 12.1 Å². The molecule has 0 amide bonds. The summed E-state index contributed by atoms with van der Waals surface area (Å²) in [6.07, 6.45) is 2.48. The quantitative estimate of drug-likeness (QED) is 0.617. The Labute approximate surface area is 70.7 Å². The van der Waals surface area contributed by atoms with Gasteiger partial charge in [0.15, 0.2) is 0 Å². The molecule has 0 heteroatoms. The highest BCUT2D eigenvalue weighted by Crippen LogP contribution is 2.07. The average molecular weight is 148 g/mol.